The van der Waals surface area contributed by atoms with E-state index in [0.29, 0.717) is 11.1 Å². The number of carbonyl (C=O) groups excluding carboxylic acids is 2. The molecule has 7 nitrogen and oxygen atoms in total. The van der Waals surface area contributed by atoms with E-state index in [-0.39, 0.29) is 0 Å². The molecular formula is C23H21N5O2. The lowest BCUT2D eigenvalue weighted by Gasteiger charge is -2.12. The predicted octanol–water partition coefficient (Wildman–Crippen LogP) is 3.35. The predicted molar refractivity (Wildman–Crippen MR) is 114 cm³/mol. The summed E-state index contributed by atoms with van der Waals surface area (Å²) in [5.41, 5.74) is 9.37. The van der Waals surface area contributed by atoms with Gasteiger partial charge in [0, 0.05) is 23.7 Å². The number of aryl methyl sites for hydroxylation is 2. The Kier molecular flexibility index (Phi) is 5.17. The molecule has 0 aliphatic carbocycles. The number of aromatic nitrogens is 3. The number of carbonyl (C=O) groups is 2. The molecule has 30 heavy (non-hydrogen) atoms. The molecule has 0 bridgehead atoms. The molecule has 4 aromatic rings. The Morgan fingerprint density at radius 2 is 1.50 bits per heavy atom. The van der Waals surface area contributed by atoms with Crippen LogP contribution in [0.1, 0.15) is 32.1 Å². The van der Waals surface area contributed by atoms with Crippen LogP contribution in [-0.4, -0.2) is 26.2 Å². The van der Waals surface area contributed by atoms with Crippen molar-refractivity contribution in [3.05, 3.63) is 102 Å². The van der Waals surface area contributed by atoms with Crippen LogP contribution in [-0.2, 0) is 0 Å². The van der Waals surface area contributed by atoms with E-state index in [1.54, 1.807) is 24.3 Å². The third-order valence-corrected chi connectivity index (χ3v) is 4.70. The van der Waals surface area contributed by atoms with Gasteiger partial charge in [0.1, 0.15) is 0 Å². The summed E-state index contributed by atoms with van der Waals surface area (Å²) in [5.74, 6) is -0.798. The van der Waals surface area contributed by atoms with Crippen molar-refractivity contribution in [2.24, 2.45) is 0 Å². The lowest BCUT2D eigenvalue weighted by Crippen LogP contribution is -2.41. The van der Waals surface area contributed by atoms with Crippen LogP contribution < -0.4 is 10.9 Å². The zero-order valence-electron chi connectivity index (χ0n) is 16.7. The summed E-state index contributed by atoms with van der Waals surface area (Å²) in [6, 6.07) is 20.0. The van der Waals surface area contributed by atoms with E-state index in [2.05, 4.69) is 16.0 Å². The second kappa shape index (κ2) is 8.08. The van der Waals surface area contributed by atoms with Crippen molar-refractivity contribution in [2.45, 2.75) is 13.8 Å². The molecule has 0 radical (unpaired) electrons. The van der Waals surface area contributed by atoms with Crippen LogP contribution in [0.2, 0.25) is 0 Å². The summed E-state index contributed by atoms with van der Waals surface area (Å²) in [6.45, 7) is 3.91. The quantitative estimate of drug-likeness (QED) is 0.517. The maximum absolute atomic E-state index is 12.6. The maximum Gasteiger partial charge on any atom is 0.271 e. The second-order valence-corrected chi connectivity index (χ2v) is 6.90. The van der Waals surface area contributed by atoms with Gasteiger partial charge in [0.15, 0.2) is 0 Å². The summed E-state index contributed by atoms with van der Waals surface area (Å²) < 4.78 is 3.66. The first kappa shape index (κ1) is 19.2. The Labute approximate surface area is 173 Å². The van der Waals surface area contributed by atoms with Gasteiger partial charge in [-0.1, -0.05) is 12.1 Å². The molecule has 2 N–H and O–H groups in total. The average Bonchev–Trinajstić information content (AvgIpc) is 3.41. The Bertz CT molecular complexity index is 1190. The zero-order valence-corrected chi connectivity index (χ0v) is 16.7. The third kappa shape index (κ3) is 3.86. The molecule has 0 spiro atoms. The normalized spacial score (nSPS) is 10.6. The van der Waals surface area contributed by atoms with E-state index in [1.165, 1.54) is 0 Å². The molecule has 0 unspecified atom stereocenters. The van der Waals surface area contributed by atoms with Crippen molar-refractivity contribution in [3.8, 4) is 11.4 Å². The molecular weight excluding hydrogens is 378 g/mol. The molecule has 2 amide bonds. The van der Waals surface area contributed by atoms with Gasteiger partial charge in [-0.25, -0.2) is 4.68 Å². The topological polar surface area (TPSA) is 81.0 Å². The minimum Gasteiger partial charge on any atom is -0.323 e. The maximum atomic E-state index is 12.6. The Hall–Kier alpha value is -4.13. The van der Waals surface area contributed by atoms with Gasteiger partial charge in [0.2, 0.25) is 0 Å². The molecule has 0 fully saturated rings. The minimum absolute atomic E-state index is 0.396. The monoisotopic (exact) mass is 399 g/mol. The fraction of sp³-hybridized carbons (Fsp3) is 0.0870. The van der Waals surface area contributed by atoms with Crippen molar-refractivity contribution in [1.82, 2.24) is 25.2 Å². The number of amides is 2. The molecule has 150 valence electrons. The number of benzene rings is 2. The second-order valence-electron chi connectivity index (χ2n) is 6.90. The van der Waals surface area contributed by atoms with Crippen LogP contribution in [0.3, 0.4) is 0 Å². The van der Waals surface area contributed by atoms with Crippen molar-refractivity contribution >= 4 is 11.8 Å². The van der Waals surface area contributed by atoms with Crippen LogP contribution in [0.25, 0.3) is 11.4 Å². The molecule has 0 saturated carbocycles. The van der Waals surface area contributed by atoms with Crippen molar-refractivity contribution in [1.29, 1.82) is 0 Å². The third-order valence-electron chi connectivity index (χ3n) is 4.70. The van der Waals surface area contributed by atoms with Crippen molar-refractivity contribution in [2.75, 3.05) is 0 Å². The number of hydrazine groups is 1. The summed E-state index contributed by atoms with van der Waals surface area (Å²) >= 11 is 0. The van der Waals surface area contributed by atoms with Gasteiger partial charge in [-0.05, 0) is 68.4 Å². The fourth-order valence-electron chi connectivity index (χ4n) is 3.28. The van der Waals surface area contributed by atoms with E-state index in [1.807, 2.05) is 78.0 Å². The average molecular weight is 399 g/mol. The van der Waals surface area contributed by atoms with Crippen LogP contribution in [0.15, 0.2) is 79.1 Å². The molecule has 4 rings (SSSR count). The van der Waals surface area contributed by atoms with Gasteiger partial charge in [-0.3, -0.25) is 20.4 Å². The van der Waals surface area contributed by atoms with Crippen LogP contribution in [0, 0.1) is 13.8 Å². The number of hydrogen-bond donors (Lipinski definition) is 2. The Morgan fingerprint density at radius 3 is 2.17 bits per heavy atom. The first-order valence-corrected chi connectivity index (χ1v) is 9.50. The van der Waals surface area contributed by atoms with Crippen molar-refractivity contribution in [3.63, 3.8) is 0 Å². The number of nitrogens with one attached hydrogen (secondary N) is 2. The van der Waals surface area contributed by atoms with Gasteiger partial charge in [0.05, 0.1) is 22.6 Å². The van der Waals surface area contributed by atoms with E-state index in [4.69, 9.17) is 0 Å². The SMILES string of the molecule is Cc1cc(C)n(-c2ccc(C(=O)NNC(=O)c3ccccc3-n3cccc3)cc2)n1. The molecule has 2 heterocycles. The summed E-state index contributed by atoms with van der Waals surface area (Å²) in [4.78, 5) is 25.1. The highest BCUT2D eigenvalue weighted by Gasteiger charge is 2.14. The molecule has 7 heteroatoms. The summed E-state index contributed by atoms with van der Waals surface area (Å²) in [6.07, 6.45) is 3.71. The number of hydrogen-bond acceptors (Lipinski definition) is 3. The molecule has 2 aromatic heterocycles. The first-order chi connectivity index (χ1) is 14.5. The molecule has 0 saturated heterocycles. The molecule has 0 aliphatic rings. The lowest BCUT2D eigenvalue weighted by atomic mass is 10.1. The Morgan fingerprint density at radius 1 is 0.833 bits per heavy atom. The first-order valence-electron chi connectivity index (χ1n) is 9.50. The minimum atomic E-state index is -0.401. The molecule has 2 aromatic carbocycles. The fourth-order valence-corrected chi connectivity index (χ4v) is 3.28. The number of nitrogens with zero attached hydrogens (tertiary/aromatic N) is 3. The van der Waals surface area contributed by atoms with E-state index in [9.17, 15) is 9.59 Å². The number of rotatable bonds is 4. The zero-order chi connectivity index (χ0) is 21.1. The highest BCUT2D eigenvalue weighted by Crippen LogP contribution is 2.15. The number of para-hydroxylation sites is 1. The summed E-state index contributed by atoms with van der Waals surface area (Å²) in [5, 5.41) is 4.43. The molecule has 0 atom stereocenters. The highest BCUT2D eigenvalue weighted by atomic mass is 16.2. The van der Waals surface area contributed by atoms with Gasteiger partial charge in [-0.15, -0.1) is 0 Å². The molecule has 0 aliphatic heterocycles. The lowest BCUT2D eigenvalue weighted by molar-refractivity contribution is 0.0846. The van der Waals surface area contributed by atoms with E-state index >= 15 is 0 Å². The largest absolute Gasteiger partial charge is 0.323 e. The van der Waals surface area contributed by atoms with E-state index in [0.717, 1.165) is 22.8 Å². The van der Waals surface area contributed by atoms with E-state index < -0.39 is 11.8 Å². The van der Waals surface area contributed by atoms with Gasteiger partial charge in [0.25, 0.3) is 11.8 Å². The van der Waals surface area contributed by atoms with Gasteiger partial charge < -0.3 is 4.57 Å². The van der Waals surface area contributed by atoms with Crippen LogP contribution in [0.5, 0.6) is 0 Å². The standard InChI is InChI=1S/C23H21N5O2/c1-16-15-17(2)28(26-16)19-11-9-18(10-12-19)22(29)24-25-23(30)20-7-3-4-8-21(20)27-13-5-6-14-27/h3-15H,1-2H3,(H,24,29)(H,25,30). The van der Waals surface area contributed by atoms with Gasteiger partial charge in [-0.2, -0.15) is 5.10 Å². The van der Waals surface area contributed by atoms with Crippen LogP contribution >= 0.6 is 0 Å². The summed E-state index contributed by atoms with van der Waals surface area (Å²) in [7, 11) is 0. The van der Waals surface area contributed by atoms with Crippen LogP contribution in [0.4, 0.5) is 0 Å². The van der Waals surface area contributed by atoms with Crippen molar-refractivity contribution < 1.29 is 9.59 Å². The highest BCUT2D eigenvalue weighted by molar-refractivity contribution is 6.01. The van der Waals surface area contributed by atoms with Gasteiger partial charge >= 0.3 is 0 Å². The smallest absolute Gasteiger partial charge is 0.271 e. The Balaban J connectivity index is 1.44.